The van der Waals surface area contributed by atoms with E-state index in [0.29, 0.717) is 18.1 Å². The van der Waals surface area contributed by atoms with Gasteiger partial charge in [0.05, 0.1) is 12.2 Å². The predicted molar refractivity (Wildman–Crippen MR) is 74.2 cm³/mol. The largest absolute Gasteiger partial charge is 0.462 e. The van der Waals surface area contributed by atoms with Crippen LogP contribution in [0.5, 0.6) is 0 Å². The monoisotopic (exact) mass is 263 g/mol. The highest BCUT2D eigenvalue weighted by atomic mass is 16.5. The second-order valence-electron chi connectivity index (χ2n) is 4.82. The molecule has 5 nitrogen and oxygen atoms in total. The van der Waals surface area contributed by atoms with Crippen molar-refractivity contribution < 1.29 is 9.53 Å². The number of nitrogens with zero attached hydrogens (tertiary/aromatic N) is 2. The lowest BCUT2D eigenvalue weighted by Crippen LogP contribution is -2.38. The summed E-state index contributed by atoms with van der Waals surface area (Å²) in [6.45, 7) is 4.84. The van der Waals surface area contributed by atoms with Gasteiger partial charge in [-0.3, -0.25) is 0 Å². The summed E-state index contributed by atoms with van der Waals surface area (Å²) >= 11 is 0. The molecule has 1 aliphatic rings. The Morgan fingerprint density at radius 3 is 3.05 bits per heavy atom. The second kappa shape index (κ2) is 6.52. The average Bonchev–Trinajstić information content (AvgIpc) is 2.48. The molecule has 1 fully saturated rings. The third-order valence-electron chi connectivity index (χ3n) is 3.44. The summed E-state index contributed by atoms with van der Waals surface area (Å²) < 4.78 is 4.94. The quantitative estimate of drug-likeness (QED) is 0.832. The SMILES string of the molecule is CCOC(=O)c1ccc(N2CCCC(CN)C2)nc1. The Hall–Kier alpha value is -1.62. The first kappa shape index (κ1) is 13.8. The number of esters is 1. The first-order chi connectivity index (χ1) is 9.24. The van der Waals surface area contributed by atoms with Gasteiger partial charge in [0.25, 0.3) is 0 Å². The molecule has 1 atom stereocenters. The summed E-state index contributed by atoms with van der Waals surface area (Å²) in [5, 5.41) is 0. The van der Waals surface area contributed by atoms with E-state index in [1.165, 1.54) is 6.42 Å². The normalized spacial score (nSPS) is 19.3. The number of carbonyl (C=O) groups excluding carboxylic acids is 1. The standard InChI is InChI=1S/C14H21N3O2/c1-2-19-14(18)12-5-6-13(16-9-12)17-7-3-4-11(8-15)10-17/h5-6,9,11H,2-4,7-8,10,15H2,1H3. The summed E-state index contributed by atoms with van der Waals surface area (Å²) in [6.07, 6.45) is 3.91. The Morgan fingerprint density at radius 2 is 2.42 bits per heavy atom. The zero-order valence-electron chi connectivity index (χ0n) is 11.3. The molecule has 0 saturated carbocycles. The second-order valence-corrected chi connectivity index (χ2v) is 4.82. The van der Waals surface area contributed by atoms with Crippen LogP contribution in [-0.2, 0) is 4.74 Å². The molecule has 2 heterocycles. The van der Waals surface area contributed by atoms with Crippen LogP contribution in [0.2, 0.25) is 0 Å². The Morgan fingerprint density at radius 1 is 1.58 bits per heavy atom. The van der Waals surface area contributed by atoms with Gasteiger partial charge in [0, 0.05) is 19.3 Å². The van der Waals surface area contributed by atoms with Crippen LogP contribution in [0.4, 0.5) is 5.82 Å². The van der Waals surface area contributed by atoms with Crippen LogP contribution in [-0.4, -0.2) is 37.2 Å². The van der Waals surface area contributed by atoms with E-state index in [1.807, 2.05) is 6.07 Å². The molecule has 5 heteroatoms. The highest BCUT2D eigenvalue weighted by Crippen LogP contribution is 2.21. The van der Waals surface area contributed by atoms with Gasteiger partial charge < -0.3 is 15.4 Å². The van der Waals surface area contributed by atoms with Gasteiger partial charge in [-0.05, 0) is 44.4 Å². The van der Waals surface area contributed by atoms with E-state index in [0.717, 1.165) is 31.9 Å². The van der Waals surface area contributed by atoms with Crippen molar-refractivity contribution in [1.29, 1.82) is 0 Å². The molecular weight excluding hydrogens is 242 g/mol. The highest BCUT2D eigenvalue weighted by Gasteiger charge is 2.20. The predicted octanol–water partition coefficient (Wildman–Crippen LogP) is 1.43. The first-order valence-corrected chi connectivity index (χ1v) is 6.82. The molecule has 2 N–H and O–H groups in total. The fourth-order valence-electron chi connectivity index (χ4n) is 2.37. The fourth-order valence-corrected chi connectivity index (χ4v) is 2.37. The molecule has 1 aromatic heterocycles. The number of anilines is 1. The molecule has 0 radical (unpaired) electrons. The van der Waals surface area contributed by atoms with E-state index < -0.39 is 0 Å². The molecule has 0 spiro atoms. The van der Waals surface area contributed by atoms with E-state index in [4.69, 9.17) is 10.5 Å². The molecule has 104 valence electrons. The number of carbonyl (C=O) groups is 1. The van der Waals surface area contributed by atoms with Crippen molar-refractivity contribution in [2.24, 2.45) is 11.7 Å². The molecule has 1 aliphatic heterocycles. The molecule has 1 unspecified atom stereocenters. The summed E-state index contributed by atoms with van der Waals surface area (Å²) in [5.74, 6) is 1.13. The number of hydrogen-bond acceptors (Lipinski definition) is 5. The number of rotatable bonds is 4. The minimum absolute atomic E-state index is 0.319. The van der Waals surface area contributed by atoms with E-state index in [2.05, 4.69) is 9.88 Å². The minimum atomic E-state index is -0.319. The van der Waals surface area contributed by atoms with Gasteiger partial charge in [-0.1, -0.05) is 0 Å². The van der Waals surface area contributed by atoms with Crippen molar-refractivity contribution in [2.75, 3.05) is 31.1 Å². The van der Waals surface area contributed by atoms with Gasteiger partial charge in [-0.2, -0.15) is 0 Å². The molecule has 1 aromatic rings. The molecule has 2 rings (SSSR count). The average molecular weight is 263 g/mol. The lowest BCUT2D eigenvalue weighted by Gasteiger charge is -2.33. The number of hydrogen-bond donors (Lipinski definition) is 1. The molecule has 0 aromatic carbocycles. The number of aromatic nitrogens is 1. The van der Waals surface area contributed by atoms with Crippen LogP contribution in [0, 0.1) is 5.92 Å². The molecule has 0 amide bonds. The third kappa shape index (κ3) is 3.44. The summed E-state index contributed by atoms with van der Waals surface area (Å²) in [6, 6.07) is 3.65. The topological polar surface area (TPSA) is 68.5 Å². The highest BCUT2D eigenvalue weighted by molar-refractivity contribution is 5.89. The maximum Gasteiger partial charge on any atom is 0.339 e. The van der Waals surface area contributed by atoms with Crippen LogP contribution >= 0.6 is 0 Å². The number of nitrogens with two attached hydrogens (primary N) is 1. The molecule has 19 heavy (non-hydrogen) atoms. The van der Waals surface area contributed by atoms with Crippen LogP contribution in [0.25, 0.3) is 0 Å². The van der Waals surface area contributed by atoms with Gasteiger partial charge in [0.15, 0.2) is 0 Å². The summed E-state index contributed by atoms with van der Waals surface area (Å²) in [7, 11) is 0. The van der Waals surface area contributed by atoms with Gasteiger partial charge in [-0.25, -0.2) is 9.78 Å². The lowest BCUT2D eigenvalue weighted by atomic mass is 9.98. The third-order valence-corrected chi connectivity index (χ3v) is 3.44. The van der Waals surface area contributed by atoms with Crippen molar-refractivity contribution >= 4 is 11.8 Å². The fraction of sp³-hybridized carbons (Fsp3) is 0.571. The summed E-state index contributed by atoms with van der Waals surface area (Å²) in [5.41, 5.74) is 6.23. The van der Waals surface area contributed by atoms with Crippen molar-refractivity contribution in [3.63, 3.8) is 0 Å². The zero-order chi connectivity index (χ0) is 13.7. The van der Waals surface area contributed by atoms with Gasteiger partial charge in [0.2, 0.25) is 0 Å². The number of pyridine rings is 1. The van der Waals surface area contributed by atoms with Crippen LogP contribution in [0.1, 0.15) is 30.1 Å². The maximum absolute atomic E-state index is 11.5. The molecular formula is C14H21N3O2. The smallest absolute Gasteiger partial charge is 0.339 e. The number of piperidine rings is 1. The summed E-state index contributed by atoms with van der Waals surface area (Å²) in [4.78, 5) is 18.1. The van der Waals surface area contributed by atoms with E-state index in [-0.39, 0.29) is 5.97 Å². The van der Waals surface area contributed by atoms with Crippen molar-refractivity contribution in [1.82, 2.24) is 4.98 Å². The Balaban J connectivity index is 2.03. The Kier molecular flexibility index (Phi) is 4.74. The van der Waals surface area contributed by atoms with Crippen molar-refractivity contribution in [3.05, 3.63) is 23.9 Å². The van der Waals surface area contributed by atoms with Gasteiger partial charge in [-0.15, -0.1) is 0 Å². The maximum atomic E-state index is 11.5. The van der Waals surface area contributed by atoms with E-state index in [9.17, 15) is 4.79 Å². The van der Waals surface area contributed by atoms with Gasteiger partial charge >= 0.3 is 5.97 Å². The zero-order valence-corrected chi connectivity index (χ0v) is 11.3. The Labute approximate surface area is 113 Å². The van der Waals surface area contributed by atoms with Crippen molar-refractivity contribution in [2.45, 2.75) is 19.8 Å². The van der Waals surface area contributed by atoms with Crippen LogP contribution in [0.3, 0.4) is 0 Å². The Bertz CT molecular complexity index is 419. The lowest BCUT2D eigenvalue weighted by molar-refractivity contribution is 0.0526. The van der Waals surface area contributed by atoms with E-state index >= 15 is 0 Å². The van der Waals surface area contributed by atoms with Crippen LogP contribution < -0.4 is 10.6 Å². The molecule has 0 bridgehead atoms. The van der Waals surface area contributed by atoms with Crippen LogP contribution in [0.15, 0.2) is 18.3 Å². The van der Waals surface area contributed by atoms with Crippen molar-refractivity contribution in [3.8, 4) is 0 Å². The van der Waals surface area contributed by atoms with Gasteiger partial charge in [0.1, 0.15) is 5.82 Å². The number of ether oxygens (including phenoxy) is 1. The molecule has 1 saturated heterocycles. The minimum Gasteiger partial charge on any atom is -0.462 e. The van der Waals surface area contributed by atoms with E-state index in [1.54, 1.807) is 19.2 Å². The first-order valence-electron chi connectivity index (χ1n) is 6.82. The molecule has 0 aliphatic carbocycles.